The van der Waals surface area contributed by atoms with Crippen molar-refractivity contribution in [2.75, 3.05) is 0 Å². The van der Waals surface area contributed by atoms with Crippen LogP contribution in [0.1, 0.15) is 6.92 Å². The zero-order valence-corrected chi connectivity index (χ0v) is 4.66. The molecule has 0 saturated heterocycles. The molecular weight excluding hydrogens is 133 g/mol. The van der Waals surface area contributed by atoms with Crippen molar-refractivity contribution < 1.29 is 18.3 Å². The Kier molecular flexibility index (Phi) is 2.53. The Morgan fingerprint density at radius 3 is 2.11 bits per heavy atom. The first kappa shape index (κ1) is 8.31. The smallest absolute Gasteiger partial charge is 0.277 e. The van der Waals surface area contributed by atoms with Gasteiger partial charge in [0.25, 0.3) is 6.43 Å². The first-order valence-corrected chi connectivity index (χ1v) is 2.14. The fraction of sp³-hybridized carbons (Fsp3) is 0.600. The zero-order chi connectivity index (χ0) is 7.49. The monoisotopic (exact) mass is 138 g/mol. The summed E-state index contributed by atoms with van der Waals surface area (Å²) in [5, 5.41) is 8.43. The van der Waals surface area contributed by atoms with E-state index < -0.39 is 12.0 Å². The van der Waals surface area contributed by atoms with Crippen molar-refractivity contribution in [2.24, 2.45) is 0 Å². The standard InChI is InChI=1S/C5H5F3O/c1-5(9,2-3-6)4(7)8/h4,9H,1H3. The van der Waals surface area contributed by atoms with Gasteiger partial charge in [0.05, 0.1) is 0 Å². The van der Waals surface area contributed by atoms with Gasteiger partial charge in [-0.15, -0.1) is 4.39 Å². The first-order valence-electron chi connectivity index (χ1n) is 2.14. The molecule has 0 rings (SSSR count). The van der Waals surface area contributed by atoms with E-state index in [1.807, 2.05) is 0 Å². The van der Waals surface area contributed by atoms with Gasteiger partial charge in [0.15, 0.2) is 5.60 Å². The highest BCUT2D eigenvalue weighted by molar-refractivity contribution is 5.09. The maximum Gasteiger partial charge on any atom is 0.277 e. The minimum absolute atomic E-state index is 0.709. The van der Waals surface area contributed by atoms with Crippen LogP contribution in [0.25, 0.3) is 0 Å². The average molecular weight is 138 g/mol. The lowest BCUT2D eigenvalue weighted by atomic mass is 10.1. The maximum absolute atomic E-state index is 11.5. The lowest BCUT2D eigenvalue weighted by Crippen LogP contribution is -2.31. The SMILES string of the molecule is CC(O)(C#CF)C(F)F. The Bertz CT molecular complexity index is 142. The van der Waals surface area contributed by atoms with E-state index in [0.717, 1.165) is 6.92 Å². The van der Waals surface area contributed by atoms with Crippen LogP contribution in [0.15, 0.2) is 0 Å². The van der Waals surface area contributed by atoms with Crippen molar-refractivity contribution in [2.45, 2.75) is 19.0 Å². The summed E-state index contributed by atoms with van der Waals surface area (Å²) >= 11 is 0. The van der Waals surface area contributed by atoms with E-state index in [1.54, 1.807) is 0 Å². The zero-order valence-electron chi connectivity index (χ0n) is 4.66. The van der Waals surface area contributed by atoms with Crippen molar-refractivity contribution >= 4 is 0 Å². The van der Waals surface area contributed by atoms with Gasteiger partial charge >= 0.3 is 0 Å². The molecule has 0 aliphatic carbocycles. The van der Waals surface area contributed by atoms with Gasteiger partial charge in [-0.3, -0.25) is 0 Å². The van der Waals surface area contributed by atoms with E-state index in [9.17, 15) is 13.2 Å². The second kappa shape index (κ2) is 2.74. The summed E-state index contributed by atoms with van der Waals surface area (Å²) in [5.41, 5.74) is -2.52. The molecule has 0 saturated carbocycles. The molecule has 0 bridgehead atoms. The predicted molar refractivity (Wildman–Crippen MR) is 25.5 cm³/mol. The number of aliphatic hydroxyl groups is 1. The van der Waals surface area contributed by atoms with Gasteiger partial charge in [0, 0.05) is 0 Å². The molecule has 0 fully saturated rings. The Labute approximate surface area is 50.5 Å². The number of halogens is 3. The van der Waals surface area contributed by atoms with Crippen LogP contribution in [0.5, 0.6) is 0 Å². The summed E-state index contributed by atoms with van der Waals surface area (Å²) in [4.78, 5) is 0. The molecule has 52 valence electrons. The summed E-state index contributed by atoms with van der Waals surface area (Å²) < 4.78 is 34.0. The van der Waals surface area contributed by atoms with Gasteiger partial charge in [0.1, 0.15) is 6.17 Å². The van der Waals surface area contributed by atoms with Crippen LogP contribution in [0, 0.1) is 12.1 Å². The van der Waals surface area contributed by atoms with Gasteiger partial charge < -0.3 is 5.11 Å². The highest BCUT2D eigenvalue weighted by atomic mass is 19.3. The van der Waals surface area contributed by atoms with Gasteiger partial charge in [-0.1, -0.05) is 0 Å². The Balaban J connectivity index is 4.13. The normalized spacial score (nSPS) is 16.2. The van der Waals surface area contributed by atoms with Crippen LogP contribution in [-0.4, -0.2) is 17.1 Å². The first-order chi connectivity index (χ1) is 4.00. The fourth-order valence-corrected chi connectivity index (χ4v) is 0.150. The van der Waals surface area contributed by atoms with Crippen molar-refractivity contribution in [3.05, 3.63) is 0 Å². The third kappa shape index (κ3) is 2.38. The molecule has 0 radical (unpaired) electrons. The molecule has 4 heteroatoms. The fourth-order valence-electron chi connectivity index (χ4n) is 0.150. The Morgan fingerprint density at radius 2 is 2.00 bits per heavy atom. The topological polar surface area (TPSA) is 20.2 Å². The summed E-state index contributed by atoms with van der Waals surface area (Å²) in [7, 11) is 0. The molecule has 1 atom stereocenters. The third-order valence-electron chi connectivity index (χ3n) is 0.725. The number of rotatable bonds is 1. The van der Waals surface area contributed by atoms with Gasteiger partial charge in [-0.05, 0) is 12.8 Å². The third-order valence-corrected chi connectivity index (χ3v) is 0.725. The molecule has 0 heterocycles. The van der Waals surface area contributed by atoms with Crippen LogP contribution in [0.2, 0.25) is 0 Å². The average Bonchev–Trinajstić information content (AvgIpc) is 1.65. The minimum Gasteiger partial charge on any atom is -0.372 e. The summed E-state index contributed by atoms with van der Waals surface area (Å²) in [6.07, 6.45) is -2.33. The van der Waals surface area contributed by atoms with Gasteiger partial charge in [0.2, 0.25) is 0 Å². The summed E-state index contributed by atoms with van der Waals surface area (Å²) in [6.45, 7) is 0.740. The van der Waals surface area contributed by atoms with Crippen molar-refractivity contribution in [1.82, 2.24) is 0 Å². The molecule has 0 aromatic rings. The van der Waals surface area contributed by atoms with Crippen molar-refractivity contribution in [3.63, 3.8) is 0 Å². The van der Waals surface area contributed by atoms with Crippen LogP contribution in [-0.2, 0) is 0 Å². The van der Waals surface area contributed by atoms with Crippen LogP contribution in [0.3, 0.4) is 0 Å². The van der Waals surface area contributed by atoms with E-state index >= 15 is 0 Å². The number of alkyl halides is 2. The van der Waals surface area contributed by atoms with E-state index in [0.29, 0.717) is 6.17 Å². The summed E-state index contributed by atoms with van der Waals surface area (Å²) in [6, 6.07) is 0. The molecule has 1 nitrogen and oxygen atoms in total. The van der Waals surface area contributed by atoms with Crippen LogP contribution >= 0.6 is 0 Å². The molecule has 1 unspecified atom stereocenters. The Morgan fingerprint density at radius 1 is 1.56 bits per heavy atom. The molecule has 1 N–H and O–H groups in total. The van der Waals surface area contributed by atoms with E-state index in [4.69, 9.17) is 5.11 Å². The van der Waals surface area contributed by atoms with Crippen molar-refractivity contribution in [1.29, 1.82) is 0 Å². The molecule has 0 spiro atoms. The number of hydrogen-bond acceptors (Lipinski definition) is 1. The lowest BCUT2D eigenvalue weighted by Gasteiger charge is -2.12. The lowest BCUT2D eigenvalue weighted by molar-refractivity contribution is -0.0420. The van der Waals surface area contributed by atoms with Gasteiger partial charge in [-0.25, -0.2) is 8.78 Å². The second-order valence-electron chi connectivity index (χ2n) is 1.67. The quantitative estimate of drug-likeness (QED) is 0.534. The van der Waals surface area contributed by atoms with E-state index in [2.05, 4.69) is 0 Å². The van der Waals surface area contributed by atoms with Crippen LogP contribution < -0.4 is 0 Å². The highest BCUT2D eigenvalue weighted by Gasteiger charge is 2.29. The maximum atomic E-state index is 11.5. The summed E-state index contributed by atoms with van der Waals surface area (Å²) in [5.74, 6) is 1.31. The second-order valence-corrected chi connectivity index (χ2v) is 1.67. The minimum atomic E-state index is -3.04. The highest BCUT2D eigenvalue weighted by Crippen LogP contribution is 2.12. The molecule has 0 aliphatic rings. The molecule has 0 aromatic carbocycles. The van der Waals surface area contributed by atoms with E-state index in [-0.39, 0.29) is 0 Å². The van der Waals surface area contributed by atoms with Gasteiger partial charge in [-0.2, -0.15) is 0 Å². The molecule has 0 amide bonds. The molecular formula is C5H5F3O. The largest absolute Gasteiger partial charge is 0.372 e. The Hall–Kier alpha value is -0.690. The van der Waals surface area contributed by atoms with Crippen molar-refractivity contribution in [3.8, 4) is 12.1 Å². The van der Waals surface area contributed by atoms with Crippen LogP contribution in [0.4, 0.5) is 13.2 Å². The predicted octanol–water partition coefficient (Wildman–Crippen LogP) is 0.933. The molecule has 0 aromatic heterocycles. The molecule has 0 aliphatic heterocycles. The molecule has 9 heavy (non-hydrogen) atoms. The van der Waals surface area contributed by atoms with E-state index in [1.165, 1.54) is 5.92 Å². The number of hydrogen-bond donors (Lipinski definition) is 1.